The minimum Gasteiger partial charge on any atom is -0.468 e. The van der Waals surface area contributed by atoms with Gasteiger partial charge in [-0.3, -0.25) is 4.79 Å². The average molecular weight is 362 g/mol. The molecule has 4 atom stereocenters. The van der Waals surface area contributed by atoms with E-state index in [1.54, 1.807) is 23.9 Å². The van der Waals surface area contributed by atoms with Gasteiger partial charge < -0.3 is 9.47 Å². The molecule has 25 heavy (non-hydrogen) atoms. The van der Waals surface area contributed by atoms with Crippen molar-refractivity contribution >= 4 is 23.7 Å². The summed E-state index contributed by atoms with van der Waals surface area (Å²) in [6.07, 6.45) is 2.07. The van der Waals surface area contributed by atoms with E-state index in [1.165, 1.54) is 13.5 Å². The monoisotopic (exact) mass is 362 g/mol. The summed E-state index contributed by atoms with van der Waals surface area (Å²) in [6.45, 7) is 4.64. The molecule has 3 saturated carbocycles. The molecular weight excluding hydrogens is 336 g/mol. The molecule has 2 bridgehead atoms. The Balaban J connectivity index is 1.66. The number of hydrogen-bond donors (Lipinski definition) is 0. The highest BCUT2D eigenvalue weighted by Gasteiger charge is 2.58. The number of carbonyl (C=O) groups is 2. The zero-order chi connectivity index (χ0) is 18.0. The number of methoxy groups -OCH3 is 1. The number of thioether (sulfide) groups is 1. The van der Waals surface area contributed by atoms with E-state index in [0.717, 1.165) is 12.2 Å². The van der Waals surface area contributed by atoms with Crippen molar-refractivity contribution in [1.29, 1.82) is 0 Å². The maximum Gasteiger partial charge on any atom is 0.338 e. The van der Waals surface area contributed by atoms with Gasteiger partial charge in [0.15, 0.2) is 0 Å². The SMILES string of the molecule is COC(=O)CSCC1[C@@H](OC(=O)c2ccccc2)C[C@H]2C[C@@H]1C2(C)C. The first-order chi connectivity index (χ1) is 11.9. The molecule has 0 N–H and O–H groups in total. The van der Waals surface area contributed by atoms with Crippen molar-refractivity contribution < 1.29 is 19.1 Å². The van der Waals surface area contributed by atoms with Gasteiger partial charge in [-0.2, -0.15) is 0 Å². The topological polar surface area (TPSA) is 52.6 Å². The van der Waals surface area contributed by atoms with Gasteiger partial charge in [-0.25, -0.2) is 4.79 Å². The van der Waals surface area contributed by atoms with Crippen LogP contribution in [-0.4, -0.2) is 36.7 Å². The molecule has 1 aromatic carbocycles. The molecule has 0 radical (unpaired) electrons. The first-order valence-corrected chi connectivity index (χ1v) is 9.99. The number of rotatable bonds is 6. The first kappa shape index (κ1) is 18.3. The van der Waals surface area contributed by atoms with Crippen molar-refractivity contribution in [1.82, 2.24) is 0 Å². The fourth-order valence-corrected chi connectivity index (χ4v) is 5.49. The van der Waals surface area contributed by atoms with E-state index in [-0.39, 0.29) is 18.0 Å². The molecule has 0 spiro atoms. The minimum absolute atomic E-state index is 0.0605. The Kier molecular flexibility index (Phi) is 5.42. The lowest BCUT2D eigenvalue weighted by Crippen LogP contribution is -2.59. The molecule has 3 fully saturated rings. The predicted octanol–water partition coefficient (Wildman–Crippen LogP) is 3.80. The number of benzene rings is 1. The molecule has 0 heterocycles. The van der Waals surface area contributed by atoms with Crippen molar-refractivity contribution in [3.8, 4) is 0 Å². The highest BCUT2D eigenvalue weighted by molar-refractivity contribution is 7.99. The molecule has 0 amide bonds. The van der Waals surface area contributed by atoms with Crippen molar-refractivity contribution in [2.24, 2.45) is 23.2 Å². The molecule has 4 rings (SSSR count). The highest BCUT2D eigenvalue weighted by atomic mass is 32.2. The van der Waals surface area contributed by atoms with Crippen LogP contribution in [-0.2, 0) is 14.3 Å². The van der Waals surface area contributed by atoms with Gasteiger partial charge in [0.05, 0.1) is 18.4 Å². The maximum atomic E-state index is 12.5. The Morgan fingerprint density at radius 1 is 1.20 bits per heavy atom. The molecule has 1 unspecified atom stereocenters. The lowest BCUT2D eigenvalue weighted by Gasteiger charge is -2.62. The van der Waals surface area contributed by atoms with Gasteiger partial charge in [0.1, 0.15) is 6.10 Å². The Morgan fingerprint density at radius 3 is 2.56 bits per heavy atom. The molecule has 1 aromatic rings. The second kappa shape index (κ2) is 7.40. The largest absolute Gasteiger partial charge is 0.468 e. The number of fused-ring (bicyclic) bond motifs is 2. The molecular formula is C20H26O4S. The number of carbonyl (C=O) groups excluding carboxylic acids is 2. The van der Waals surface area contributed by atoms with Crippen molar-refractivity contribution in [3.63, 3.8) is 0 Å². The van der Waals surface area contributed by atoms with Crippen LogP contribution < -0.4 is 0 Å². The fraction of sp³-hybridized carbons (Fsp3) is 0.600. The van der Waals surface area contributed by atoms with Crippen LogP contribution in [0.15, 0.2) is 30.3 Å². The second-order valence-electron chi connectivity index (χ2n) is 7.66. The van der Waals surface area contributed by atoms with Crippen LogP contribution in [0.1, 0.15) is 37.0 Å². The molecule has 5 heteroatoms. The Morgan fingerprint density at radius 2 is 1.92 bits per heavy atom. The van der Waals surface area contributed by atoms with Crippen LogP contribution in [0.5, 0.6) is 0 Å². The third kappa shape index (κ3) is 3.71. The number of ether oxygens (including phenoxy) is 2. The summed E-state index contributed by atoms with van der Waals surface area (Å²) in [6, 6.07) is 9.17. The smallest absolute Gasteiger partial charge is 0.338 e. The summed E-state index contributed by atoms with van der Waals surface area (Å²) in [5.74, 6) is 2.18. The van der Waals surface area contributed by atoms with E-state index < -0.39 is 0 Å². The second-order valence-corrected chi connectivity index (χ2v) is 8.69. The van der Waals surface area contributed by atoms with Gasteiger partial charge in [0.2, 0.25) is 0 Å². The van der Waals surface area contributed by atoms with Gasteiger partial charge in [0, 0.05) is 11.7 Å². The van der Waals surface area contributed by atoms with E-state index >= 15 is 0 Å². The molecule has 0 saturated heterocycles. The summed E-state index contributed by atoms with van der Waals surface area (Å²) < 4.78 is 10.6. The molecule has 3 aliphatic rings. The Bertz CT molecular complexity index is 628. The predicted molar refractivity (Wildman–Crippen MR) is 98.5 cm³/mol. The number of hydrogen-bond acceptors (Lipinski definition) is 5. The summed E-state index contributed by atoms with van der Waals surface area (Å²) in [4.78, 5) is 23.9. The van der Waals surface area contributed by atoms with Gasteiger partial charge in [0.25, 0.3) is 0 Å². The van der Waals surface area contributed by atoms with Crippen LogP contribution in [0.4, 0.5) is 0 Å². The minimum atomic E-state index is -0.243. The molecule has 0 aromatic heterocycles. The maximum absolute atomic E-state index is 12.5. The first-order valence-electron chi connectivity index (χ1n) is 8.84. The molecule has 3 aliphatic carbocycles. The van der Waals surface area contributed by atoms with Crippen molar-refractivity contribution in [3.05, 3.63) is 35.9 Å². The van der Waals surface area contributed by atoms with Crippen LogP contribution in [0.25, 0.3) is 0 Å². The Labute approximate surface area is 153 Å². The molecule has 136 valence electrons. The van der Waals surface area contributed by atoms with E-state index in [4.69, 9.17) is 9.47 Å². The van der Waals surface area contributed by atoms with Crippen molar-refractivity contribution in [2.75, 3.05) is 18.6 Å². The van der Waals surface area contributed by atoms with Gasteiger partial charge in [-0.05, 0) is 42.2 Å². The van der Waals surface area contributed by atoms with Crippen LogP contribution >= 0.6 is 11.8 Å². The zero-order valence-corrected chi connectivity index (χ0v) is 15.9. The average Bonchev–Trinajstić information content (AvgIpc) is 2.62. The summed E-state index contributed by atoms with van der Waals surface area (Å²) in [5.41, 5.74) is 0.897. The summed E-state index contributed by atoms with van der Waals surface area (Å²) >= 11 is 1.58. The van der Waals surface area contributed by atoms with Crippen LogP contribution in [0.2, 0.25) is 0 Å². The highest BCUT2D eigenvalue weighted by Crippen LogP contribution is 2.62. The third-order valence-electron chi connectivity index (χ3n) is 6.08. The molecule has 0 aliphatic heterocycles. The zero-order valence-electron chi connectivity index (χ0n) is 15.1. The fourth-order valence-electron chi connectivity index (χ4n) is 4.37. The van der Waals surface area contributed by atoms with Crippen molar-refractivity contribution in [2.45, 2.75) is 32.8 Å². The quantitative estimate of drug-likeness (QED) is 0.721. The van der Waals surface area contributed by atoms with Crippen LogP contribution in [0, 0.1) is 23.2 Å². The van der Waals surface area contributed by atoms with Gasteiger partial charge in [-0.1, -0.05) is 32.0 Å². The Hall–Kier alpha value is -1.49. The lowest BCUT2D eigenvalue weighted by atomic mass is 9.45. The standard InChI is InChI=1S/C20H26O4S/c1-20(2)14-9-16(20)15(11-25-12-18(21)23-3)17(10-14)24-19(22)13-7-5-4-6-8-13/h4-8,14-17H,9-12H2,1-3H3/t14-,15?,16+,17+/m1/s1. The van der Waals surface area contributed by atoms with E-state index in [2.05, 4.69) is 13.8 Å². The van der Waals surface area contributed by atoms with E-state index in [1.807, 2.05) is 18.2 Å². The number of esters is 2. The van der Waals surface area contributed by atoms with E-state index in [0.29, 0.717) is 34.5 Å². The van der Waals surface area contributed by atoms with E-state index in [9.17, 15) is 9.59 Å². The summed E-state index contributed by atoms with van der Waals surface area (Å²) in [5, 5.41) is 0. The van der Waals surface area contributed by atoms with Gasteiger partial charge >= 0.3 is 11.9 Å². The van der Waals surface area contributed by atoms with Gasteiger partial charge in [-0.15, -0.1) is 11.8 Å². The van der Waals surface area contributed by atoms with Crippen LogP contribution in [0.3, 0.4) is 0 Å². The third-order valence-corrected chi connectivity index (χ3v) is 7.14. The normalized spacial score (nSPS) is 29.4. The lowest BCUT2D eigenvalue weighted by molar-refractivity contribution is -0.155. The summed E-state index contributed by atoms with van der Waals surface area (Å²) in [7, 11) is 1.41. The molecule has 4 nitrogen and oxygen atoms in total.